The molecule has 2 nitrogen and oxygen atoms in total. The van der Waals surface area contributed by atoms with Gasteiger partial charge in [-0.2, -0.15) is 0 Å². The van der Waals surface area contributed by atoms with Crippen molar-refractivity contribution in [2.45, 2.75) is 13.0 Å². The van der Waals surface area contributed by atoms with Gasteiger partial charge in [-0.15, -0.1) is 0 Å². The van der Waals surface area contributed by atoms with Crippen molar-refractivity contribution in [2.75, 3.05) is 13.7 Å². The van der Waals surface area contributed by atoms with Crippen LogP contribution in [0.25, 0.3) is 0 Å². The van der Waals surface area contributed by atoms with E-state index in [1.807, 2.05) is 31.2 Å². The highest BCUT2D eigenvalue weighted by Crippen LogP contribution is 2.31. The van der Waals surface area contributed by atoms with Crippen molar-refractivity contribution in [3.8, 4) is 5.75 Å². The predicted octanol–water partition coefficient (Wildman–Crippen LogP) is 4.33. The molecule has 1 unspecified atom stereocenters. The molecule has 0 saturated heterocycles. The predicted molar refractivity (Wildman–Crippen MR) is 79.9 cm³/mol. The molecular weight excluding hydrogens is 296 g/mol. The van der Waals surface area contributed by atoms with Crippen LogP contribution < -0.4 is 10.1 Å². The number of hydrogen-bond donors (Lipinski definition) is 1. The van der Waals surface area contributed by atoms with Gasteiger partial charge in [-0.25, -0.2) is 8.78 Å². The third-order valence-electron chi connectivity index (χ3n) is 3.21. The van der Waals surface area contributed by atoms with E-state index < -0.39 is 11.6 Å². The molecule has 1 N–H and O–H groups in total. The maximum absolute atomic E-state index is 13.5. The molecule has 2 aromatic carbocycles. The maximum Gasteiger partial charge on any atom is 0.160 e. The summed E-state index contributed by atoms with van der Waals surface area (Å²) in [5.41, 5.74) is 1.40. The SMILES string of the molecule is CCNC(c1ccc(OC)cc1)c1cc(F)c(F)cc1Cl. The highest BCUT2D eigenvalue weighted by molar-refractivity contribution is 6.31. The van der Waals surface area contributed by atoms with Crippen molar-refractivity contribution in [1.82, 2.24) is 5.32 Å². The molecule has 0 amide bonds. The Hall–Kier alpha value is -1.65. The number of methoxy groups -OCH3 is 1. The molecule has 0 aliphatic heterocycles. The third kappa shape index (κ3) is 3.52. The van der Waals surface area contributed by atoms with Crippen molar-refractivity contribution >= 4 is 11.6 Å². The van der Waals surface area contributed by atoms with Crippen LogP contribution in [0.15, 0.2) is 36.4 Å². The van der Waals surface area contributed by atoms with Crippen LogP contribution in [0.4, 0.5) is 8.78 Å². The van der Waals surface area contributed by atoms with Crippen molar-refractivity contribution in [3.05, 3.63) is 64.2 Å². The molecule has 0 aliphatic rings. The molecule has 112 valence electrons. The Kier molecular flexibility index (Phi) is 5.15. The van der Waals surface area contributed by atoms with Crippen molar-refractivity contribution < 1.29 is 13.5 Å². The monoisotopic (exact) mass is 311 g/mol. The van der Waals surface area contributed by atoms with E-state index in [1.54, 1.807) is 7.11 Å². The van der Waals surface area contributed by atoms with Gasteiger partial charge in [-0.05, 0) is 41.9 Å². The van der Waals surface area contributed by atoms with E-state index in [4.69, 9.17) is 16.3 Å². The quantitative estimate of drug-likeness (QED) is 0.830. The van der Waals surface area contributed by atoms with Crippen LogP contribution >= 0.6 is 11.6 Å². The zero-order chi connectivity index (χ0) is 15.4. The zero-order valence-corrected chi connectivity index (χ0v) is 12.5. The Labute approximate surface area is 127 Å². The number of rotatable bonds is 5. The summed E-state index contributed by atoms with van der Waals surface area (Å²) in [5, 5.41) is 3.42. The standard InChI is InChI=1S/C16H16ClF2NO/c1-3-20-16(10-4-6-11(21-2)7-5-10)12-8-14(18)15(19)9-13(12)17/h4-9,16,20H,3H2,1-2H3. The van der Waals surface area contributed by atoms with Gasteiger partial charge in [0.25, 0.3) is 0 Å². The van der Waals surface area contributed by atoms with Gasteiger partial charge < -0.3 is 10.1 Å². The van der Waals surface area contributed by atoms with Gasteiger partial charge in [-0.1, -0.05) is 30.7 Å². The minimum absolute atomic E-state index is 0.190. The lowest BCUT2D eigenvalue weighted by atomic mass is 9.98. The van der Waals surface area contributed by atoms with Gasteiger partial charge in [0.15, 0.2) is 11.6 Å². The zero-order valence-electron chi connectivity index (χ0n) is 11.8. The number of hydrogen-bond acceptors (Lipinski definition) is 2. The van der Waals surface area contributed by atoms with Crippen molar-refractivity contribution in [1.29, 1.82) is 0 Å². The smallest absolute Gasteiger partial charge is 0.160 e. The summed E-state index contributed by atoms with van der Waals surface area (Å²) in [5.74, 6) is -1.13. The third-order valence-corrected chi connectivity index (χ3v) is 3.54. The average molecular weight is 312 g/mol. The molecule has 2 rings (SSSR count). The fourth-order valence-corrected chi connectivity index (χ4v) is 2.43. The van der Waals surface area contributed by atoms with Gasteiger partial charge in [0.2, 0.25) is 0 Å². The molecule has 0 bridgehead atoms. The maximum atomic E-state index is 13.5. The lowest BCUT2D eigenvalue weighted by molar-refractivity contribution is 0.414. The Balaban J connectivity index is 2.44. The molecule has 5 heteroatoms. The molecule has 0 fully saturated rings. The van der Waals surface area contributed by atoms with E-state index in [9.17, 15) is 8.78 Å². The van der Waals surface area contributed by atoms with Crippen LogP contribution in [0.3, 0.4) is 0 Å². The average Bonchev–Trinajstić information content (AvgIpc) is 2.49. The lowest BCUT2D eigenvalue weighted by Gasteiger charge is -2.20. The molecule has 1 atom stereocenters. The minimum Gasteiger partial charge on any atom is -0.497 e. The molecule has 0 aliphatic carbocycles. The summed E-state index contributed by atoms with van der Waals surface area (Å²) in [7, 11) is 1.59. The summed E-state index contributed by atoms with van der Waals surface area (Å²) >= 11 is 6.07. The van der Waals surface area contributed by atoms with Gasteiger partial charge in [0, 0.05) is 5.02 Å². The second-order valence-electron chi connectivity index (χ2n) is 4.55. The molecule has 0 spiro atoms. The molecule has 0 radical (unpaired) electrons. The van der Waals surface area contributed by atoms with Crippen LogP contribution in [0.2, 0.25) is 5.02 Å². The van der Waals surface area contributed by atoms with E-state index in [2.05, 4.69) is 5.32 Å². The number of benzene rings is 2. The topological polar surface area (TPSA) is 21.3 Å². The van der Waals surface area contributed by atoms with Crippen LogP contribution in [0.1, 0.15) is 24.1 Å². The van der Waals surface area contributed by atoms with Gasteiger partial charge in [0.05, 0.1) is 13.2 Å². The lowest BCUT2D eigenvalue weighted by Crippen LogP contribution is -2.22. The second kappa shape index (κ2) is 6.87. The first-order valence-corrected chi connectivity index (χ1v) is 6.96. The number of halogens is 3. The van der Waals surface area contributed by atoms with E-state index >= 15 is 0 Å². The molecule has 21 heavy (non-hydrogen) atoms. The Morgan fingerprint density at radius 2 is 1.76 bits per heavy atom. The number of ether oxygens (including phenoxy) is 1. The first kappa shape index (κ1) is 15.7. The summed E-state index contributed by atoms with van der Waals surface area (Å²) in [6.45, 7) is 2.59. The summed E-state index contributed by atoms with van der Waals surface area (Å²) in [6.07, 6.45) is 0. The molecule has 0 heterocycles. The molecule has 2 aromatic rings. The fraction of sp³-hybridized carbons (Fsp3) is 0.250. The highest BCUT2D eigenvalue weighted by atomic mass is 35.5. The Bertz CT molecular complexity index is 616. The minimum atomic E-state index is -0.950. The first-order chi connectivity index (χ1) is 10.1. The van der Waals surface area contributed by atoms with Crippen molar-refractivity contribution in [3.63, 3.8) is 0 Å². The van der Waals surface area contributed by atoms with Crippen LogP contribution in [0.5, 0.6) is 5.75 Å². The fourth-order valence-electron chi connectivity index (χ4n) is 2.17. The van der Waals surface area contributed by atoms with E-state index in [1.165, 1.54) is 0 Å². The van der Waals surface area contributed by atoms with Crippen LogP contribution in [-0.2, 0) is 0 Å². The van der Waals surface area contributed by atoms with Crippen LogP contribution in [-0.4, -0.2) is 13.7 Å². The summed E-state index contributed by atoms with van der Waals surface area (Å²) in [6, 6.07) is 9.17. The largest absolute Gasteiger partial charge is 0.497 e. The second-order valence-corrected chi connectivity index (χ2v) is 4.96. The first-order valence-electron chi connectivity index (χ1n) is 6.58. The highest BCUT2D eigenvalue weighted by Gasteiger charge is 2.19. The molecule has 0 saturated carbocycles. The van der Waals surface area contributed by atoms with Crippen molar-refractivity contribution in [2.24, 2.45) is 0 Å². The number of nitrogens with one attached hydrogen (secondary N) is 1. The summed E-state index contributed by atoms with van der Waals surface area (Å²) < 4.78 is 31.8. The Morgan fingerprint density at radius 1 is 1.14 bits per heavy atom. The van der Waals surface area contributed by atoms with Gasteiger partial charge in [-0.3, -0.25) is 0 Å². The van der Waals surface area contributed by atoms with Gasteiger partial charge >= 0.3 is 0 Å². The normalized spacial score (nSPS) is 12.2. The van der Waals surface area contributed by atoms with E-state index in [0.29, 0.717) is 12.1 Å². The molecular formula is C16H16ClF2NO. The van der Waals surface area contributed by atoms with E-state index in [0.717, 1.165) is 23.4 Å². The molecule has 0 aromatic heterocycles. The van der Waals surface area contributed by atoms with Crippen LogP contribution in [0, 0.1) is 11.6 Å². The Morgan fingerprint density at radius 3 is 2.33 bits per heavy atom. The van der Waals surface area contributed by atoms with E-state index in [-0.39, 0.29) is 11.1 Å². The summed E-state index contributed by atoms with van der Waals surface area (Å²) in [4.78, 5) is 0. The van der Waals surface area contributed by atoms with Gasteiger partial charge in [0.1, 0.15) is 5.75 Å².